The molecule has 0 atom stereocenters. The third kappa shape index (κ3) is 5.16. The van der Waals surface area contributed by atoms with Crippen molar-refractivity contribution in [1.82, 2.24) is 10.3 Å². The van der Waals surface area contributed by atoms with Crippen molar-refractivity contribution in [1.29, 1.82) is 0 Å². The molecule has 2 N–H and O–H groups in total. The van der Waals surface area contributed by atoms with Crippen molar-refractivity contribution in [2.75, 3.05) is 26.6 Å². The molecular weight excluding hydrogens is 370 g/mol. The maximum Gasteiger partial charge on any atom is 0.251 e. The Labute approximate surface area is 169 Å². The summed E-state index contributed by atoms with van der Waals surface area (Å²) in [6.45, 7) is 0.361. The number of carbonyl (C=O) groups is 1. The first-order chi connectivity index (χ1) is 14.1. The van der Waals surface area contributed by atoms with Crippen LogP contribution < -0.4 is 24.8 Å². The number of amides is 1. The van der Waals surface area contributed by atoms with Crippen LogP contribution in [0.3, 0.4) is 0 Å². The van der Waals surface area contributed by atoms with Crippen molar-refractivity contribution in [2.24, 2.45) is 0 Å². The van der Waals surface area contributed by atoms with Crippen molar-refractivity contribution in [3.05, 3.63) is 71.9 Å². The standard InChI is InChI=1S/C22H23N3O4/c1-27-18-6-4-5-17(13-18)25-21-12-16(9-10-23-21)22(26)24-14-15-7-8-19(28-2)20(11-15)29-3/h4-13H,14H2,1-3H3,(H,23,25)(H,24,26). The van der Waals surface area contributed by atoms with E-state index in [-0.39, 0.29) is 5.91 Å². The molecule has 7 nitrogen and oxygen atoms in total. The van der Waals surface area contributed by atoms with Crippen LogP contribution in [0.25, 0.3) is 0 Å². The molecule has 0 aliphatic heterocycles. The van der Waals surface area contributed by atoms with E-state index in [9.17, 15) is 4.79 Å². The van der Waals surface area contributed by atoms with Gasteiger partial charge >= 0.3 is 0 Å². The van der Waals surface area contributed by atoms with E-state index in [0.29, 0.717) is 29.4 Å². The zero-order valence-corrected chi connectivity index (χ0v) is 16.6. The molecular formula is C22H23N3O4. The van der Waals surface area contributed by atoms with Crippen LogP contribution >= 0.6 is 0 Å². The topological polar surface area (TPSA) is 81.7 Å². The molecule has 0 saturated carbocycles. The first kappa shape index (κ1) is 20.0. The normalized spacial score (nSPS) is 10.2. The lowest BCUT2D eigenvalue weighted by molar-refractivity contribution is 0.0951. The number of ether oxygens (including phenoxy) is 3. The van der Waals surface area contributed by atoms with Gasteiger partial charge in [0.15, 0.2) is 11.5 Å². The van der Waals surface area contributed by atoms with E-state index in [1.54, 1.807) is 39.7 Å². The van der Waals surface area contributed by atoms with Gasteiger partial charge in [-0.25, -0.2) is 4.98 Å². The third-order valence-corrected chi connectivity index (χ3v) is 4.27. The predicted molar refractivity (Wildman–Crippen MR) is 111 cm³/mol. The number of aromatic nitrogens is 1. The van der Waals surface area contributed by atoms with Gasteiger partial charge in [0.25, 0.3) is 5.91 Å². The van der Waals surface area contributed by atoms with Crippen LogP contribution in [0.5, 0.6) is 17.2 Å². The maximum atomic E-state index is 12.6. The minimum absolute atomic E-state index is 0.198. The van der Waals surface area contributed by atoms with E-state index >= 15 is 0 Å². The largest absolute Gasteiger partial charge is 0.497 e. The van der Waals surface area contributed by atoms with Crippen LogP contribution in [-0.4, -0.2) is 32.2 Å². The molecule has 0 aliphatic carbocycles. The molecule has 1 aromatic heterocycles. The van der Waals surface area contributed by atoms with Gasteiger partial charge in [-0.2, -0.15) is 0 Å². The highest BCUT2D eigenvalue weighted by molar-refractivity contribution is 5.94. The average Bonchev–Trinajstić information content (AvgIpc) is 2.77. The number of nitrogens with zero attached hydrogens (tertiary/aromatic N) is 1. The summed E-state index contributed by atoms with van der Waals surface area (Å²) in [5.74, 6) is 2.37. The molecule has 150 valence electrons. The van der Waals surface area contributed by atoms with Gasteiger partial charge in [-0.1, -0.05) is 12.1 Å². The molecule has 2 aromatic carbocycles. The Hall–Kier alpha value is -3.74. The fourth-order valence-corrected chi connectivity index (χ4v) is 2.76. The maximum absolute atomic E-state index is 12.6. The Morgan fingerprint density at radius 1 is 0.931 bits per heavy atom. The monoisotopic (exact) mass is 393 g/mol. The fraction of sp³-hybridized carbons (Fsp3) is 0.182. The molecule has 1 heterocycles. The molecule has 0 fully saturated rings. The molecule has 0 saturated heterocycles. The second-order valence-corrected chi connectivity index (χ2v) is 6.16. The van der Waals surface area contributed by atoms with E-state index in [2.05, 4.69) is 15.6 Å². The second-order valence-electron chi connectivity index (χ2n) is 6.16. The van der Waals surface area contributed by atoms with Crippen molar-refractivity contribution in [3.8, 4) is 17.2 Å². The molecule has 7 heteroatoms. The lowest BCUT2D eigenvalue weighted by Gasteiger charge is -2.11. The minimum Gasteiger partial charge on any atom is -0.497 e. The molecule has 3 aromatic rings. The van der Waals surface area contributed by atoms with Gasteiger partial charge in [-0.3, -0.25) is 4.79 Å². The Morgan fingerprint density at radius 2 is 1.76 bits per heavy atom. The Kier molecular flexibility index (Phi) is 6.52. The van der Waals surface area contributed by atoms with Crippen LogP contribution in [-0.2, 0) is 6.54 Å². The van der Waals surface area contributed by atoms with Crippen molar-refractivity contribution in [2.45, 2.75) is 6.54 Å². The van der Waals surface area contributed by atoms with E-state index in [1.165, 1.54) is 0 Å². The summed E-state index contributed by atoms with van der Waals surface area (Å²) < 4.78 is 15.7. The minimum atomic E-state index is -0.198. The number of rotatable bonds is 8. The number of benzene rings is 2. The summed E-state index contributed by atoms with van der Waals surface area (Å²) in [6.07, 6.45) is 1.59. The lowest BCUT2D eigenvalue weighted by atomic mass is 10.2. The molecule has 0 spiro atoms. The lowest BCUT2D eigenvalue weighted by Crippen LogP contribution is -2.23. The quantitative estimate of drug-likeness (QED) is 0.606. The summed E-state index contributed by atoms with van der Waals surface area (Å²) in [5.41, 5.74) is 2.23. The zero-order valence-electron chi connectivity index (χ0n) is 16.6. The number of pyridine rings is 1. The number of hydrogen-bond acceptors (Lipinski definition) is 6. The Morgan fingerprint density at radius 3 is 2.52 bits per heavy atom. The van der Waals surface area contributed by atoms with E-state index < -0.39 is 0 Å². The van der Waals surface area contributed by atoms with Gasteiger partial charge in [0, 0.05) is 30.1 Å². The second kappa shape index (κ2) is 9.45. The van der Waals surface area contributed by atoms with Gasteiger partial charge in [-0.05, 0) is 42.0 Å². The number of hydrogen-bond donors (Lipinski definition) is 2. The number of anilines is 2. The molecule has 29 heavy (non-hydrogen) atoms. The third-order valence-electron chi connectivity index (χ3n) is 4.27. The van der Waals surface area contributed by atoms with Crippen molar-refractivity contribution < 1.29 is 19.0 Å². The predicted octanol–water partition coefficient (Wildman–Crippen LogP) is 3.78. The van der Waals surface area contributed by atoms with Gasteiger partial charge in [0.2, 0.25) is 0 Å². The summed E-state index contributed by atoms with van der Waals surface area (Å²) >= 11 is 0. The number of carbonyl (C=O) groups excluding carboxylic acids is 1. The molecule has 1 amide bonds. The smallest absolute Gasteiger partial charge is 0.251 e. The highest BCUT2D eigenvalue weighted by Crippen LogP contribution is 2.27. The summed E-state index contributed by atoms with van der Waals surface area (Å²) in [6, 6.07) is 16.4. The van der Waals surface area contributed by atoms with Crippen molar-refractivity contribution in [3.63, 3.8) is 0 Å². The highest BCUT2D eigenvalue weighted by Gasteiger charge is 2.09. The number of methoxy groups -OCH3 is 3. The van der Waals surface area contributed by atoms with Gasteiger partial charge in [0.1, 0.15) is 11.6 Å². The summed E-state index contributed by atoms with van der Waals surface area (Å²) in [5, 5.41) is 6.08. The first-order valence-corrected chi connectivity index (χ1v) is 8.99. The first-order valence-electron chi connectivity index (χ1n) is 8.99. The zero-order chi connectivity index (χ0) is 20.6. The van der Waals surface area contributed by atoms with E-state index in [0.717, 1.165) is 17.0 Å². The van der Waals surface area contributed by atoms with Crippen LogP contribution in [0.2, 0.25) is 0 Å². The Bertz CT molecular complexity index is 991. The SMILES string of the molecule is COc1cccc(Nc2cc(C(=O)NCc3ccc(OC)c(OC)c3)ccn2)c1. The van der Waals surface area contributed by atoms with Crippen LogP contribution in [0, 0.1) is 0 Å². The Balaban J connectivity index is 1.66. The summed E-state index contributed by atoms with van der Waals surface area (Å²) in [4.78, 5) is 16.8. The molecule has 0 radical (unpaired) electrons. The van der Waals surface area contributed by atoms with Crippen LogP contribution in [0.4, 0.5) is 11.5 Å². The van der Waals surface area contributed by atoms with E-state index in [1.807, 2.05) is 42.5 Å². The number of nitrogens with one attached hydrogen (secondary N) is 2. The highest BCUT2D eigenvalue weighted by atomic mass is 16.5. The van der Waals surface area contributed by atoms with Crippen LogP contribution in [0.1, 0.15) is 15.9 Å². The van der Waals surface area contributed by atoms with Gasteiger partial charge in [-0.15, -0.1) is 0 Å². The average molecular weight is 393 g/mol. The fourth-order valence-electron chi connectivity index (χ4n) is 2.76. The van der Waals surface area contributed by atoms with Crippen molar-refractivity contribution >= 4 is 17.4 Å². The molecule has 0 aliphatic rings. The molecule has 0 bridgehead atoms. The summed E-state index contributed by atoms with van der Waals surface area (Å²) in [7, 11) is 4.77. The molecule has 3 rings (SSSR count). The van der Waals surface area contributed by atoms with E-state index in [4.69, 9.17) is 14.2 Å². The van der Waals surface area contributed by atoms with Gasteiger partial charge < -0.3 is 24.8 Å². The van der Waals surface area contributed by atoms with Crippen LogP contribution in [0.15, 0.2) is 60.8 Å². The molecule has 0 unspecified atom stereocenters. The van der Waals surface area contributed by atoms with Gasteiger partial charge in [0.05, 0.1) is 21.3 Å².